The Bertz CT molecular complexity index is 1190. The van der Waals surface area contributed by atoms with E-state index in [1.54, 1.807) is 47.1 Å². The van der Waals surface area contributed by atoms with Crippen molar-refractivity contribution >= 4 is 44.8 Å². The fraction of sp³-hybridized carbons (Fsp3) is 0.238. The van der Waals surface area contributed by atoms with E-state index in [0.29, 0.717) is 33.7 Å². The maximum absolute atomic E-state index is 12.5. The number of anilines is 1. The molecule has 10 heteroatoms. The van der Waals surface area contributed by atoms with Crippen LogP contribution >= 0.6 is 23.2 Å². The van der Waals surface area contributed by atoms with Gasteiger partial charge in [0.15, 0.2) is 16.4 Å². The lowest BCUT2D eigenvalue weighted by Gasteiger charge is -2.14. The second-order valence-corrected chi connectivity index (χ2v) is 10.3. The van der Waals surface area contributed by atoms with Crippen LogP contribution in [0.3, 0.4) is 0 Å². The molecule has 4 rings (SSSR count). The minimum Gasteiger partial charge on any atom is -0.484 e. The molecule has 1 amide bonds. The predicted octanol–water partition coefficient (Wildman–Crippen LogP) is 4.23. The third-order valence-corrected chi connectivity index (χ3v) is 7.14. The molecule has 1 fully saturated rings. The van der Waals surface area contributed by atoms with Crippen molar-refractivity contribution < 1.29 is 17.9 Å². The lowest BCUT2D eigenvalue weighted by atomic mass is 10.1. The average Bonchev–Trinajstić information content (AvgIpc) is 3.31. The van der Waals surface area contributed by atoms with E-state index in [4.69, 9.17) is 27.9 Å². The van der Waals surface area contributed by atoms with E-state index in [1.807, 2.05) is 12.1 Å². The lowest BCUT2D eigenvalue weighted by molar-refractivity contribution is -0.118. The molecule has 1 unspecified atom stereocenters. The molecule has 0 aliphatic carbocycles. The second-order valence-electron chi connectivity index (χ2n) is 7.21. The number of carbonyl (C=O) groups is 1. The first kappa shape index (κ1) is 21.7. The molecule has 0 radical (unpaired) electrons. The number of carbonyl (C=O) groups excluding carboxylic acids is 1. The molecule has 7 nitrogen and oxygen atoms in total. The van der Waals surface area contributed by atoms with Gasteiger partial charge >= 0.3 is 0 Å². The maximum atomic E-state index is 12.5. The standard InChI is InChI=1S/C21H19Cl2N3O4S/c22-15-3-1-14(2-4-15)19-11-20(26(25-19)17-9-10-31(28,29)13-17)24-21(27)12-30-18-7-5-16(23)6-8-18/h1-8,11,17H,9-10,12-13H2,(H,24,27). The minimum atomic E-state index is -3.13. The number of hydrogen-bond donors (Lipinski definition) is 1. The summed E-state index contributed by atoms with van der Waals surface area (Å²) in [5.41, 5.74) is 1.41. The van der Waals surface area contributed by atoms with Crippen LogP contribution in [0.15, 0.2) is 54.6 Å². The Balaban J connectivity index is 1.55. The first-order chi connectivity index (χ1) is 14.8. The van der Waals surface area contributed by atoms with Crippen LogP contribution in [0.1, 0.15) is 12.5 Å². The number of nitrogens with one attached hydrogen (secondary N) is 1. The van der Waals surface area contributed by atoms with Gasteiger partial charge in [-0.1, -0.05) is 35.3 Å². The molecule has 1 atom stereocenters. The van der Waals surface area contributed by atoms with Crippen molar-refractivity contribution in [1.82, 2.24) is 9.78 Å². The van der Waals surface area contributed by atoms with E-state index in [0.717, 1.165) is 5.56 Å². The summed E-state index contributed by atoms with van der Waals surface area (Å²) in [6.45, 7) is -0.216. The molecular weight excluding hydrogens is 461 g/mol. The van der Waals surface area contributed by atoms with Crippen molar-refractivity contribution in [3.8, 4) is 17.0 Å². The first-order valence-corrected chi connectivity index (χ1v) is 12.1. The van der Waals surface area contributed by atoms with Crippen LogP contribution in [0.2, 0.25) is 10.0 Å². The van der Waals surface area contributed by atoms with Crippen molar-refractivity contribution in [1.29, 1.82) is 0 Å². The van der Waals surface area contributed by atoms with Crippen LogP contribution < -0.4 is 10.1 Å². The van der Waals surface area contributed by atoms with Crippen LogP contribution in [-0.4, -0.2) is 42.2 Å². The van der Waals surface area contributed by atoms with Crippen molar-refractivity contribution in [3.05, 3.63) is 64.6 Å². The molecule has 2 heterocycles. The number of sulfone groups is 1. The third-order valence-electron chi connectivity index (χ3n) is 4.88. The van der Waals surface area contributed by atoms with Crippen LogP contribution in [0.5, 0.6) is 5.75 Å². The Morgan fingerprint density at radius 3 is 2.35 bits per heavy atom. The molecule has 162 valence electrons. The zero-order valence-electron chi connectivity index (χ0n) is 16.3. The van der Waals surface area contributed by atoms with Gasteiger partial charge in [0.1, 0.15) is 11.6 Å². The Morgan fingerprint density at radius 1 is 1.10 bits per heavy atom. The molecule has 1 N–H and O–H groups in total. The summed E-state index contributed by atoms with van der Waals surface area (Å²) in [5.74, 6) is 0.618. The van der Waals surface area contributed by atoms with Gasteiger partial charge in [-0.2, -0.15) is 5.10 Å². The number of benzene rings is 2. The molecule has 31 heavy (non-hydrogen) atoms. The first-order valence-electron chi connectivity index (χ1n) is 9.53. The normalized spacial score (nSPS) is 17.4. The van der Waals surface area contributed by atoms with E-state index < -0.39 is 9.84 Å². The van der Waals surface area contributed by atoms with Crippen LogP contribution in [0, 0.1) is 0 Å². The van der Waals surface area contributed by atoms with E-state index in [1.165, 1.54) is 0 Å². The number of ether oxygens (including phenoxy) is 1. The fourth-order valence-corrected chi connectivity index (χ4v) is 5.30. The van der Waals surface area contributed by atoms with Gasteiger partial charge in [0.05, 0.1) is 23.2 Å². The van der Waals surface area contributed by atoms with Crippen molar-refractivity contribution in [2.75, 3.05) is 23.4 Å². The van der Waals surface area contributed by atoms with Crippen molar-refractivity contribution in [3.63, 3.8) is 0 Å². The van der Waals surface area contributed by atoms with E-state index in [-0.39, 0.29) is 30.1 Å². The number of rotatable bonds is 6. The third kappa shape index (κ3) is 5.39. The molecule has 2 aromatic carbocycles. The molecule has 1 saturated heterocycles. The molecule has 1 aromatic heterocycles. The quantitative estimate of drug-likeness (QED) is 0.570. The Morgan fingerprint density at radius 2 is 1.74 bits per heavy atom. The number of aromatic nitrogens is 2. The van der Waals surface area contributed by atoms with Crippen LogP contribution in [-0.2, 0) is 14.6 Å². The van der Waals surface area contributed by atoms with Crippen LogP contribution in [0.25, 0.3) is 11.3 Å². The monoisotopic (exact) mass is 479 g/mol. The number of amides is 1. The van der Waals surface area contributed by atoms with Gasteiger partial charge in [-0.05, 0) is 42.8 Å². The number of nitrogens with zero attached hydrogens (tertiary/aromatic N) is 2. The van der Waals surface area contributed by atoms with Gasteiger partial charge in [0.2, 0.25) is 0 Å². The highest BCUT2D eigenvalue weighted by Crippen LogP contribution is 2.30. The summed E-state index contributed by atoms with van der Waals surface area (Å²) in [7, 11) is -3.13. The molecular formula is C21H19Cl2N3O4S. The molecule has 1 aliphatic rings. The highest BCUT2D eigenvalue weighted by molar-refractivity contribution is 7.91. The highest BCUT2D eigenvalue weighted by atomic mass is 35.5. The van der Waals surface area contributed by atoms with E-state index in [9.17, 15) is 13.2 Å². The van der Waals surface area contributed by atoms with Gasteiger partial charge in [-0.25, -0.2) is 13.1 Å². The molecule has 0 bridgehead atoms. The average molecular weight is 480 g/mol. The molecule has 0 saturated carbocycles. The van der Waals surface area contributed by atoms with Crippen molar-refractivity contribution in [2.45, 2.75) is 12.5 Å². The minimum absolute atomic E-state index is 0.0150. The smallest absolute Gasteiger partial charge is 0.263 e. The highest BCUT2D eigenvalue weighted by Gasteiger charge is 2.31. The molecule has 0 spiro atoms. The van der Waals surface area contributed by atoms with Gasteiger partial charge in [-0.3, -0.25) is 4.79 Å². The summed E-state index contributed by atoms with van der Waals surface area (Å²) >= 11 is 11.8. The zero-order chi connectivity index (χ0) is 22.0. The van der Waals surface area contributed by atoms with Gasteiger partial charge in [0, 0.05) is 21.7 Å². The zero-order valence-corrected chi connectivity index (χ0v) is 18.6. The van der Waals surface area contributed by atoms with Gasteiger partial charge < -0.3 is 10.1 Å². The predicted molar refractivity (Wildman–Crippen MR) is 121 cm³/mol. The molecule has 1 aliphatic heterocycles. The van der Waals surface area contributed by atoms with Crippen molar-refractivity contribution in [2.24, 2.45) is 0 Å². The summed E-state index contributed by atoms with van der Waals surface area (Å²) < 4.78 is 31.0. The largest absolute Gasteiger partial charge is 0.484 e. The van der Waals surface area contributed by atoms with Crippen LogP contribution in [0.4, 0.5) is 5.82 Å². The van der Waals surface area contributed by atoms with E-state index >= 15 is 0 Å². The Hall–Kier alpha value is -2.55. The summed E-state index contributed by atoms with van der Waals surface area (Å²) in [4.78, 5) is 12.5. The Kier molecular flexibility index (Phi) is 6.22. The van der Waals surface area contributed by atoms with Gasteiger partial charge in [-0.15, -0.1) is 0 Å². The molecule has 3 aromatic rings. The second kappa shape index (κ2) is 8.90. The Labute approximate surface area is 189 Å². The SMILES string of the molecule is O=C(COc1ccc(Cl)cc1)Nc1cc(-c2ccc(Cl)cc2)nn1C1CCS(=O)(=O)C1. The number of hydrogen-bond acceptors (Lipinski definition) is 5. The van der Waals surface area contributed by atoms with E-state index in [2.05, 4.69) is 10.4 Å². The van der Waals surface area contributed by atoms with Gasteiger partial charge in [0.25, 0.3) is 5.91 Å². The summed E-state index contributed by atoms with van der Waals surface area (Å²) in [6, 6.07) is 15.2. The maximum Gasteiger partial charge on any atom is 0.263 e. The topological polar surface area (TPSA) is 90.3 Å². The summed E-state index contributed by atoms with van der Waals surface area (Å²) in [6.07, 6.45) is 0.439. The fourth-order valence-electron chi connectivity index (χ4n) is 3.35. The summed E-state index contributed by atoms with van der Waals surface area (Å²) in [5, 5.41) is 8.53. The number of halogens is 2. The lowest BCUT2D eigenvalue weighted by Crippen LogP contribution is -2.23.